The van der Waals surface area contributed by atoms with Gasteiger partial charge in [-0.3, -0.25) is 14.6 Å². The number of carbonyl (C=O) groups excluding carboxylic acids is 1. The van der Waals surface area contributed by atoms with E-state index in [4.69, 9.17) is 0 Å². The molecule has 18 heavy (non-hydrogen) atoms. The van der Waals surface area contributed by atoms with Crippen molar-refractivity contribution in [3.63, 3.8) is 0 Å². The van der Waals surface area contributed by atoms with Crippen molar-refractivity contribution in [3.05, 3.63) is 24.3 Å². The SMILES string of the molecule is CC1(C(=O)O)CCCN(C(=O)c2cnccn2)C1. The van der Waals surface area contributed by atoms with Gasteiger partial charge in [0.25, 0.3) is 5.91 Å². The van der Waals surface area contributed by atoms with Crippen molar-refractivity contribution in [2.24, 2.45) is 5.41 Å². The van der Waals surface area contributed by atoms with E-state index < -0.39 is 11.4 Å². The van der Waals surface area contributed by atoms with Crippen molar-refractivity contribution in [1.29, 1.82) is 0 Å². The smallest absolute Gasteiger partial charge is 0.311 e. The molecule has 6 heteroatoms. The molecule has 1 aromatic rings. The number of piperidine rings is 1. The molecular formula is C12H15N3O3. The number of hydrogen-bond donors (Lipinski definition) is 1. The van der Waals surface area contributed by atoms with Crippen LogP contribution in [-0.2, 0) is 4.79 Å². The van der Waals surface area contributed by atoms with Gasteiger partial charge in [-0.25, -0.2) is 4.98 Å². The van der Waals surface area contributed by atoms with E-state index in [9.17, 15) is 14.7 Å². The van der Waals surface area contributed by atoms with E-state index in [1.54, 1.807) is 11.8 Å². The molecule has 1 unspecified atom stereocenters. The minimum atomic E-state index is -0.865. The number of hydrogen-bond acceptors (Lipinski definition) is 4. The molecule has 0 aromatic carbocycles. The highest BCUT2D eigenvalue weighted by molar-refractivity contribution is 5.92. The van der Waals surface area contributed by atoms with Crippen molar-refractivity contribution in [1.82, 2.24) is 14.9 Å². The van der Waals surface area contributed by atoms with Gasteiger partial charge in [0.2, 0.25) is 0 Å². The second-order valence-electron chi connectivity index (χ2n) is 4.79. The quantitative estimate of drug-likeness (QED) is 0.838. The Morgan fingerprint density at radius 3 is 2.83 bits per heavy atom. The predicted octanol–water partition coefficient (Wildman–Crippen LogP) is 0.803. The van der Waals surface area contributed by atoms with E-state index in [1.165, 1.54) is 18.6 Å². The lowest BCUT2D eigenvalue weighted by Gasteiger charge is -2.37. The maximum absolute atomic E-state index is 12.1. The lowest BCUT2D eigenvalue weighted by molar-refractivity contribution is -0.150. The molecule has 1 amide bonds. The van der Waals surface area contributed by atoms with Crippen LogP contribution in [0.3, 0.4) is 0 Å². The van der Waals surface area contributed by atoms with Crippen molar-refractivity contribution >= 4 is 11.9 Å². The summed E-state index contributed by atoms with van der Waals surface area (Å²) in [6, 6.07) is 0. The fraction of sp³-hybridized carbons (Fsp3) is 0.500. The topological polar surface area (TPSA) is 83.4 Å². The normalized spacial score (nSPS) is 23.7. The molecule has 0 aliphatic carbocycles. The van der Waals surface area contributed by atoms with Crippen LogP contribution in [-0.4, -0.2) is 44.9 Å². The molecule has 1 aliphatic heterocycles. The summed E-state index contributed by atoms with van der Waals surface area (Å²) >= 11 is 0. The summed E-state index contributed by atoms with van der Waals surface area (Å²) in [5, 5.41) is 9.20. The molecule has 1 saturated heterocycles. The second kappa shape index (κ2) is 4.72. The highest BCUT2D eigenvalue weighted by Gasteiger charge is 2.39. The molecule has 0 saturated carbocycles. The van der Waals surface area contributed by atoms with Crippen LogP contribution >= 0.6 is 0 Å². The number of aliphatic carboxylic acids is 1. The van der Waals surface area contributed by atoms with E-state index in [2.05, 4.69) is 9.97 Å². The Balaban J connectivity index is 2.15. The van der Waals surface area contributed by atoms with E-state index in [0.29, 0.717) is 19.4 Å². The minimum Gasteiger partial charge on any atom is -0.481 e. The van der Waals surface area contributed by atoms with E-state index in [1.807, 2.05) is 0 Å². The molecule has 1 fully saturated rings. The summed E-state index contributed by atoms with van der Waals surface area (Å²) < 4.78 is 0. The summed E-state index contributed by atoms with van der Waals surface area (Å²) in [7, 11) is 0. The number of nitrogens with zero attached hydrogens (tertiary/aromatic N) is 3. The lowest BCUT2D eigenvalue weighted by atomic mass is 9.82. The number of carboxylic acid groups (broad SMARTS) is 1. The number of amides is 1. The highest BCUT2D eigenvalue weighted by atomic mass is 16.4. The molecular weight excluding hydrogens is 234 g/mol. The third-order valence-electron chi connectivity index (χ3n) is 3.28. The molecule has 96 valence electrons. The van der Waals surface area contributed by atoms with Gasteiger partial charge in [0, 0.05) is 25.5 Å². The van der Waals surface area contributed by atoms with Crippen LogP contribution in [0.1, 0.15) is 30.3 Å². The monoisotopic (exact) mass is 249 g/mol. The van der Waals surface area contributed by atoms with Crippen LogP contribution < -0.4 is 0 Å². The minimum absolute atomic E-state index is 0.220. The van der Waals surface area contributed by atoms with Crippen LogP contribution in [0, 0.1) is 5.41 Å². The summed E-state index contributed by atoms with van der Waals surface area (Å²) in [5.74, 6) is -1.12. The number of rotatable bonds is 2. The first-order valence-corrected chi connectivity index (χ1v) is 5.82. The Kier molecular flexibility index (Phi) is 3.27. The second-order valence-corrected chi connectivity index (χ2v) is 4.79. The van der Waals surface area contributed by atoms with Gasteiger partial charge < -0.3 is 10.0 Å². The van der Waals surface area contributed by atoms with E-state index in [-0.39, 0.29) is 18.1 Å². The lowest BCUT2D eigenvalue weighted by Crippen LogP contribution is -2.48. The zero-order valence-electron chi connectivity index (χ0n) is 10.2. The number of carbonyl (C=O) groups is 2. The number of likely N-dealkylation sites (tertiary alicyclic amines) is 1. The number of carboxylic acids is 1. The first-order chi connectivity index (χ1) is 8.53. The van der Waals surface area contributed by atoms with Gasteiger partial charge in [0.15, 0.2) is 0 Å². The van der Waals surface area contributed by atoms with Crippen LogP contribution in [0.4, 0.5) is 0 Å². The Morgan fingerprint density at radius 2 is 2.22 bits per heavy atom. The van der Waals surface area contributed by atoms with Crippen molar-refractivity contribution in [2.75, 3.05) is 13.1 Å². The molecule has 1 aliphatic rings. The average molecular weight is 249 g/mol. The zero-order chi connectivity index (χ0) is 13.2. The summed E-state index contributed by atoms with van der Waals surface area (Å²) in [5.41, 5.74) is -0.608. The van der Waals surface area contributed by atoms with Crippen molar-refractivity contribution < 1.29 is 14.7 Å². The molecule has 0 bridgehead atoms. The summed E-state index contributed by atoms with van der Waals surface area (Å²) in [6.45, 7) is 2.46. The Bertz CT molecular complexity index is 463. The molecule has 1 N–H and O–H groups in total. The fourth-order valence-corrected chi connectivity index (χ4v) is 2.16. The molecule has 1 aromatic heterocycles. The number of aromatic nitrogens is 2. The molecule has 2 rings (SSSR count). The van der Waals surface area contributed by atoms with Gasteiger partial charge in [-0.05, 0) is 19.8 Å². The van der Waals surface area contributed by atoms with Gasteiger partial charge >= 0.3 is 5.97 Å². The largest absolute Gasteiger partial charge is 0.481 e. The van der Waals surface area contributed by atoms with Gasteiger partial charge in [0.05, 0.1) is 11.6 Å². The molecule has 0 spiro atoms. The van der Waals surface area contributed by atoms with Gasteiger partial charge in [-0.2, -0.15) is 0 Å². The zero-order valence-corrected chi connectivity index (χ0v) is 10.2. The van der Waals surface area contributed by atoms with Gasteiger partial charge in [-0.15, -0.1) is 0 Å². The molecule has 6 nitrogen and oxygen atoms in total. The Hall–Kier alpha value is -1.98. The Labute approximate surface area is 105 Å². The van der Waals surface area contributed by atoms with Crippen LogP contribution in [0.2, 0.25) is 0 Å². The van der Waals surface area contributed by atoms with Gasteiger partial charge in [0.1, 0.15) is 5.69 Å². The maximum atomic E-state index is 12.1. The first-order valence-electron chi connectivity index (χ1n) is 5.82. The highest BCUT2D eigenvalue weighted by Crippen LogP contribution is 2.30. The fourth-order valence-electron chi connectivity index (χ4n) is 2.16. The predicted molar refractivity (Wildman–Crippen MR) is 62.9 cm³/mol. The maximum Gasteiger partial charge on any atom is 0.311 e. The summed E-state index contributed by atoms with van der Waals surface area (Å²) in [4.78, 5) is 32.7. The van der Waals surface area contributed by atoms with Gasteiger partial charge in [-0.1, -0.05) is 0 Å². The third kappa shape index (κ3) is 2.32. The molecule has 2 heterocycles. The van der Waals surface area contributed by atoms with Crippen molar-refractivity contribution in [3.8, 4) is 0 Å². The standard InChI is InChI=1S/C12H15N3O3/c1-12(11(17)18)3-2-6-15(8-12)10(16)9-7-13-4-5-14-9/h4-5,7H,2-3,6,8H2,1H3,(H,17,18). The van der Waals surface area contributed by atoms with E-state index >= 15 is 0 Å². The van der Waals surface area contributed by atoms with E-state index in [0.717, 1.165) is 0 Å². The summed E-state index contributed by atoms with van der Waals surface area (Å²) in [6.07, 6.45) is 5.62. The van der Waals surface area contributed by atoms with Crippen molar-refractivity contribution in [2.45, 2.75) is 19.8 Å². The van der Waals surface area contributed by atoms with Crippen LogP contribution in [0.5, 0.6) is 0 Å². The van der Waals surface area contributed by atoms with Crippen LogP contribution in [0.15, 0.2) is 18.6 Å². The molecule has 1 atom stereocenters. The van der Waals surface area contributed by atoms with Crippen LogP contribution in [0.25, 0.3) is 0 Å². The third-order valence-corrected chi connectivity index (χ3v) is 3.28. The Morgan fingerprint density at radius 1 is 1.44 bits per heavy atom. The molecule has 0 radical (unpaired) electrons. The first kappa shape index (κ1) is 12.5. The average Bonchev–Trinajstić information content (AvgIpc) is 2.39.